The number of ether oxygens (including phenoxy) is 1. The summed E-state index contributed by atoms with van der Waals surface area (Å²) in [5, 5.41) is 5.90. The first-order chi connectivity index (χ1) is 10.0. The van der Waals surface area contributed by atoms with Gasteiger partial charge < -0.3 is 9.15 Å². The number of H-pyrrole nitrogens is 1. The molecule has 7 heteroatoms. The van der Waals surface area contributed by atoms with E-state index in [4.69, 9.17) is 9.15 Å². The van der Waals surface area contributed by atoms with E-state index in [9.17, 15) is 9.59 Å². The van der Waals surface area contributed by atoms with Crippen LogP contribution in [0.3, 0.4) is 0 Å². The SMILES string of the molecule is Cc1cc(C)cc(N2CC(Cc3n[nH]c(=O)o3)OC2=O)c1. The molecule has 2 aromatic rings. The first kappa shape index (κ1) is 13.4. The molecule has 2 heterocycles. The van der Waals surface area contributed by atoms with Crippen molar-refractivity contribution in [3.8, 4) is 0 Å². The van der Waals surface area contributed by atoms with Crippen molar-refractivity contribution in [3.63, 3.8) is 0 Å². The number of nitrogens with zero attached hydrogens (tertiary/aromatic N) is 2. The third kappa shape index (κ3) is 2.81. The van der Waals surface area contributed by atoms with Crippen LogP contribution < -0.4 is 10.7 Å². The molecule has 1 saturated heterocycles. The largest absolute Gasteiger partial charge is 0.443 e. The predicted molar refractivity (Wildman–Crippen MR) is 74.4 cm³/mol. The molecule has 3 rings (SSSR count). The quantitative estimate of drug-likeness (QED) is 0.926. The van der Waals surface area contributed by atoms with Gasteiger partial charge in [0.25, 0.3) is 0 Å². The lowest BCUT2D eigenvalue weighted by Gasteiger charge is -2.14. The van der Waals surface area contributed by atoms with Crippen molar-refractivity contribution >= 4 is 11.8 Å². The van der Waals surface area contributed by atoms with Crippen LogP contribution in [-0.2, 0) is 11.2 Å². The Bertz CT molecular complexity index is 714. The van der Waals surface area contributed by atoms with E-state index >= 15 is 0 Å². The Morgan fingerprint density at radius 3 is 2.62 bits per heavy atom. The Morgan fingerprint density at radius 2 is 2.00 bits per heavy atom. The second-order valence-corrected chi connectivity index (χ2v) is 5.17. The lowest BCUT2D eigenvalue weighted by molar-refractivity contribution is 0.137. The highest BCUT2D eigenvalue weighted by Gasteiger charge is 2.33. The highest BCUT2D eigenvalue weighted by atomic mass is 16.6. The van der Waals surface area contributed by atoms with Crippen molar-refractivity contribution in [1.29, 1.82) is 0 Å². The zero-order valence-electron chi connectivity index (χ0n) is 11.8. The molecule has 1 unspecified atom stereocenters. The fraction of sp³-hybridized carbons (Fsp3) is 0.357. The van der Waals surface area contributed by atoms with Crippen LogP contribution in [0.2, 0.25) is 0 Å². The van der Waals surface area contributed by atoms with Gasteiger partial charge in [-0.15, -0.1) is 5.10 Å². The number of anilines is 1. The standard InChI is InChI=1S/C14H15N3O4/c1-8-3-9(2)5-10(4-8)17-7-11(20-14(17)19)6-12-15-16-13(18)21-12/h3-5,11H,6-7H2,1-2H3,(H,16,18). The van der Waals surface area contributed by atoms with Gasteiger partial charge in [0.2, 0.25) is 5.89 Å². The summed E-state index contributed by atoms with van der Waals surface area (Å²) in [5.74, 6) is -0.374. The zero-order chi connectivity index (χ0) is 15.0. The monoisotopic (exact) mass is 289 g/mol. The number of cyclic esters (lactones) is 1. The summed E-state index contributed by atoms with van der Waals surface area (Å²) in [7, 11) is 0. The van der Waals surface area contributed by atoms with Crippen LogP contribution in [0.25, 0.3) is 0 Å². The number of hydrogen-bond acceptors (Lipinski definition) is 5. The van der Waals surface area contributed by atoms with Crippen LogP contribution in [0.15, 0.2) is 27.4 Å². The first-order valence-corrected chi connectivity index (χ1v) is 6.62. The molecule has 1 aliphatic heterocycles. The summed E-state index contributed by atoms with van der Waals surface area (Å²) >= 11 is 0. The number of hydrogen-bond donors (Lipinski definition) is 1. The van der Waals surface area contributed by atoms with Crippen molar-refractivity contribution in [2.24, 2.45) is 0 Å². The average Bonchev–Trinajstić information content (AvgIpc) is 2.95. The molecule has 0 aliphatic carbocycles. The Kier molecular flexibility index (Phi) is 3.25. The van der Waals surface area contributed by atoms with Crippen molar-refractivity contribution < 1.29 is 13.9 Å². The van der Waals surface area contributed by atoms with E-state index in [1.54, 1.807) is 4.90 Å². The van der Waals surface area contributed by atoms with Gasteiger partial charge in [0.05, 0.1) is 13.0 Å². The summed E-state index contributed by atoms with van der Waals surface area (Å²) in [6.07, 6.45) is -0.515. The number of amides is 1. The molecule has 21 heavy (non-hydrogen) atoms. The van der Waals surface area contributed by atoms with Gasteiger partial charge in [-0.05, 0) is 37.1 Å². The van der Waals surface area contributed by atoms with Gasteiger partial charge in [0, 0.05) is 5.69 Å². The van der Waals surface area contributed by atoms with E-state index in [1.165, 1.54) is 0 Å². The highest BCUT2D eigenvalue weighted by Crippen LogP contribution is 2.25. The third-order valence-electron chi connectivity index (χ3n) is 3.28. The van der Waals surface area contributed by atoms with E-state index in [2.05, 4.69) is 10.2 Å². The number of aromatic amines is 1. The molecule has 1 N–H and O–H groups in total. The van der Waals surface area contributed by atoms with E-state index in [1.807, 2.05) is 32.0 Å². The molecule has 7 nitrogen and oxygen atoms in total. The molecular formula is C14H15N3O4. The minimum atomic E-state index is -0.611. The molecule has 1 aromatic heterocycles. The van der Waals surface area contributed by atoms with Gasteiger partial charge in [0.15, 0.2) is 0 Å². The van der Waals surface area contributed by atoms with Crippen LogP contribution in [-0.4, -0.2) is 28.9 Å². The van der Waals surface area contributed by atoms with Gasteiger partial charge in [-0.2, -0.15) is 0 Å². The zero-order valence-corrected chi connectivity index (χ0v) is 11.8. The molecule has 0 saturated carbocycles. The van der Waals surface area contributed by atoms with E-state index < -0.39 is 11.8 Å². The first-order valence-electron chi connectivity index (χ1n) is 6.62. The summed E-state index contributed by atoms with van der Waals surface area (Å²) in [6.45, 7) is 4.36. The highest BCUT2D eigenvalue weighted by molar-refractivity contribution is 5.90. The lowest BCUT2D eigenvalue weighted by atomic mass is 10.1. The molecule has 1 aromatic carbocycles. The Labute approximate surface area is 120 Å². The Hall–Kier alpha value is -2.57. The summed E-state index contributed by atoms with van der Waals surface area (Å²) in [5.41, 5.74) is 2.97. The number of nitrogens with one attached hydrogen (secondary N) is 1. The van der Waals surface area contributed by atoms with Crippen molar-refractivity contribution in [3.05, 3.63) is 45.8 Å². The molecule has 1 fully saturated rings. The summed E-state index contributed by atoms with van der Waals surface area (Å²) in [6, 6.07) is 5.91. The summed E-state index contributed by atoms with van der Waals surface area (Å²) < 4.78 is 10.1. The predicted octanol–water partition coefficient (Wildman–Crippen LogP) is 1.55. The number of aromatic nitrogens is 2. The fourth-order valence-corrected chi connectivity index (χ4v) is 2.49. The van der Waals surface area contributed by atoms with Gasteiger partial charge in [-0.1, -0.05) is 6.07 Å². The number of carbonyl (C=O) groups is 1. The van der Waals surface area contributed by atoms with Gasteiger partial charge >= 0.3 is 11.8 Å². The third-order valence-corrected chi connectivity index (χ3v) is 3.28. The molecule has 0 bridgehead atoms. The number of aryl methyl sites for hydroxylation is 2. The van der Waals surface area contributed by atoms with Gasteiger partial charge in [-0.25, -0.2) is 14.7 Å². The number of rotatable bonds is 3. The minimum absolute atomic E-state index is 0.236. The van der Waals surface area contributed by atoms with Crippen LogP contribution in [0.4, 0.5) is 10.5 Å². The maximum Gasteiger partial charge on any atom is 0.434 e. The van der Waals surface area contributed by atoms with Crippen molar-refractivity contribution in [2.45, 2.75) is 26.4 Å². The van der Waals surface area contributed by atoms with Crippen LogP contribution in [0.5, 0.6) is 0 Å². The van der Waals surface area contributed by atoms with Crippen LogP contribution >= 0.6 is 0 Å². The second kappa shape index (κ2) is 5.08. The normalized spacial score (nSPS) is 18.1. The average molecular weight is 289 g/mol. The van der Waals surface area contributed by atoms with Crippen LogP contribution in [0.1, 0.15) is 17.0 Å². The molecule has 1 atom stereocenters. The molecule has 1 aliphatic rings. The topological polar surface area (TPSA) is 88.4 Å². The van der Waals surface area contributed by atoms with Crippen molar-refractivity contribution in [1.82, 2.24) is 10.2 Å². The van der Waals surface area contributed by atoms with E-state index in [0.717, 1.165) is 16.8 Å². The molecule has 0 spiro atoms. The maximum atomic E-state index is 12.0. The summed E-state index contributed by atoms with van der Waals surface area (Å²) in [4.78, 5) is 24.5. The smallest absolute Gasteiger partial charge is 0.434 e. The molecule has 110 valence electrons. The Balaban J connectivity index is 1.76. The van der Waals surface area contributed by atoms with Gasteiger partial charge in [-0.3, -0.25) is 4.90 Å². The number of carbonyl (C=O) groups excluding carboxylic acids is 1. The van der Waals surface area contributed by atoms with E-state index in [-0.39, 0.29) is 18.4 Å². The lowest BCUT2D eigenvalue weighted by Crippen LogP contribution is -2.25. The Morgan fingerprint density at radius 1 is 1.29 bits per heavy atom. The second-order valence-electron chi connectivity index (χ2n) is 5.17. The van der Waals surface area contributed by atoms with E-state index in [0.29, 0.717) is 6.54 Å². The minimum Gasteiger partial charge on any atom is -0.443 e. The van der Waals surface area contributed by atoms with Crippen molar-refractivity contribution in [2.75, 3.05) is 11.4 Å². The van der Waals surface area contributed by atoms with Gasteiger partial charge in [0.1, 0.15) is 6.10 Å². The van der Waals surface area contributed by atoms with Crippen LogP contribution in [0, 0.1) is 13.8 Å². The maximum absolute atomic E-state index is 12.0. The molecule has 1 amide bonds. The molecular weight excluding hydrogens is 274 g/mol. The fourth-order valence-electron chi connectivity index (χ4n) is 2.49. The molecule has 0 radical (unpaired) electrons. The number of benzene rings is 1.